The number of aromatic nitrogens is 2. The molecule has 3 N–H and O–H groups in total. The minimum Gasteiger partial charge on any atom is -0.393 e. The van der Waals surface area contributed by atoms with E-state index < -0.39 is 0 Å². The highest BCUT2D eigenvalue weighted by Gasteiger charge is 2.21. The molecule has 1 saturated heterocycles. The van der Waals surface area contributed by atoms with Crippen molar-refractivity contribution in [2.75, 3.05) is 42.1 Å². The maximum Gasteiger partial charge on any atom is 0.159 e. The van der Waals surface area contributed by atoms with Gasteiger partial charge in [0.05, 0.1) is 5.69 Å². The maximum atomic E-state index is 6.41. The molecule has 6 nitrogen and oxygen atoms in total. The molecule has 0 amide bonds. The topological polar surface area (TPSA) is 70.3 Å². The molecule has 7 heteroatoms. The van der Waals surface area contributed by atoms with Gasteiger partial charge in [-0.2, -0.15) is 0 Å². The van der Waals surface area contributed by atoms with Gasteiger partial charge in [0, 0.05) is 37.2 Å². The zero-order valence-electron chi connectivity index (χ0n) is 15.6. The van der Waals surface area contributed by atoms with Crippen molar-refractivity contribution in [2.45, 2.75) is 6.54 Å². The molecular formula is C21H23BrN6. The zero-order chi connectivity index (χ0) is 19.3. The van der Waals surface area contributed by atoms with E-state index in [0.717, 1.165) is 48.7 Å². The minimum absolute atomic E-state index is 0.578. The Hall–Kier alpha value is -2.64. The number of para-hydroxylation sites is 1. The van der Waals surface area contributed by atoms with E-state index in [-0.39, 0.29) is 0 Å². The van der Waals surface area contributed by atoms with Crippen molar-refractivity contribution in [3.05, 3.63) is 71.0 Å². The largest absolute Gasteiger partial charge is 0.393 e. The maximum absolute atomic E-state index is 6.41. The summed E-state index contributed by atoms with van der Waals surface area (Å²) in [5.41, 5.74) is 9.26. The van der Waals surface area contributed by atoms with E-state index in [4.69, 9.17) is 5.73 Å². The number of halogens is 1. The molecule has 1 aliphatic rings. The van der Waals surface area contributed by atoms with Gasteiger partial charge in [-0.05, 0) is 33.6 Å². The molecular weight excluding hydrogens is 416 g/mol. The van der Waals surface area contributed by atoms with Gasteiger partial charge in [-0.15, -0.1) is 0 Å². The highest BCUT2D eigenvalue weighted by molar-refractivity contribution is 9.10. The molecule has 2 heterocycles. The number of nitrogens with two attached hydrogens (primary N) is 1. The van der Waals surface area contributed by atoms with E-state index >= 15 is 0 Å². The van der Waals surface area contributed by atoms with Gasteiger partial charge in [0.1, 0.15) is 12.0 Å². The van der Waals surface area contributed by atoms with Crippen molar-refractivity contribution in [1.29, 1.82) is 0 Å². The van der Waals surface area contributed by atoms with Crippen LogP contribution in [0.4, 0.5) is 23.0 Å². The Kier molecular flexibility index (Phi) is 5.73. The van der Waals surface area contributed by atoms with Crippen LogP contribution in [0.2, 0.25) is 0 Å². The number of rotatable bonds is 5. The van der Waals surface area contributed by atoms with Crippen molar-refractivity contribution < 1.29 is 0 Å². The summed E-state index contributed by atoms with van der Waals surface area (Å²) >= 11 is 3.54. The molecule has 0 saturated carbocycles. The standard InChI is InChI=1S/C21H23BrN6/c22-17-8-4-5-9-18(17)26-20-19(23)21(25-15-24-20)28-12-10-27(11-13-28)14-16-6-2-1-3-7-16/h1-9,15H,10-14,23H2,(H,24,25,26). The van der Waals surface area contributed by atoms with Crippen LogP contribution in [-0.4, -0.2) is 41.0 Å². The number of hydrogen-bond acceptors (Lipinski definition) is 6. The van der Waals surface area contributed by atoms with Crippen molar-refractivity contribution in [1.82, 2.24) is 14.9 Å². The minimum atomic E-state index is 0.578. The van der Waals surface area contributed by atoms with Crippen molar-refractivity contribution in [2.24, 2.45) is 0 Å². The summed E-state index contributed by atoms with van der Waals surface area (Å²) < 4.78 is 0.962. The number of hydrogen-bond donors (Lipinski definition) is 2. The molecule has 0 bridgehead atoms. The fourth-order valence-corrected chi connectivity index (χ4v) is 3.77. The zero-order valence-corrected chi connectivity index (χ0v) is 17.1. The monoisotopic (exact) mass is 438 g/mol. The lowest BCUT2D eigenvalue weighted by Crippen LogP contribution is -2.46. The summed E-state index contributed by atoms with van der Waals surface area (Å²) in [5.74, 6) is 1.42. The van der Waals surface area contributed by atoms with Crippen molar-refractivity contribution >= 4 is 38.9 Å². The quantitative estimate of drug-likeness (QED) is 0.629. The Bertz CT molecular complexity index is 925. The van der Waals surface area contributed by atoms with Gasteiger partial charge in [0.2, 0.25) is 0 Å². The molecule has 4 rings (SSSR count). The molecule has 0 radical (unpaired) electrons. The lowest BCUT2D eigenvalue weighted by Gasteiger charge is -2.36. The van der Waals surface area contributed by atoms with Crippen LogP contribution >= 0.6 is 15.9 Å². The number of benzene rings is 2. The van der Waals surface area contributed by atoms with Gasteiger partial charge in [0.25, 0.3) is 0 Å². The average molecular weight is 439 g/mol. The van der Waals surface area contributed by atoms with Crippen LogP contribution in [0.25, 0.3) is 0 Å². The Morgan fingerprint density at radius 2 is 1.64 bits per heavy atom. The molecule has 0 spiro atoms. The van der Waals surface area contributed by atoms with Gasteiger partial charge in [-0.25, -0.2) is 9.97 Å². The van der Waals surface area contributed by atoms with E-state index in [2.05, 4.69) is 71.3 Å². The molecule has 3 aromatic rings. The van der Waals surface area contributed by atoms with Crippen LogP contribution in [-0.2, 0) is 6.54 Å². The van der Waals surface area contributed by atoms with Crippen LogP contribution in [0.15, 0.2) is 65.4 Å². The molecule has 2 aromatic carbocycles. The molecule has 1 fully saturated rings. The van der Waals surface area contributed by atoms with E-state index in [1.807, 2.05) is 24.3 Å². The van der Waals surface area contributed by atoms with Crippen LogP contribution in [0.1, 0.15) is 5.56 Å². The van der Waals surface area contributed by atoms with Gasteiger partial charge in [-0.3, -0.25) is 4.90 Å². The molecule has 0 atom stereocenters. The first kappa shape index (κ1) is 18.7. The lowest BCUT2D eigenvalue weighted by molar-refractivity contribution is 0.249. The van der Waals surface area contributed by atoms with Crippen LogP contribution in [0.3, 0.4) is 0 Å². The molecule has 1 aromatic heterocycles. The van der Waals surface area contributed by atoms with Crippen LogP contribution < -0.4 is 16.0 Å². The first-order valence-corrected chi connectivity index (χ1v) is 10.1. The number of nitrogens with one attached hydrogen (secondary N) is 1. The summed E-state index contributed by atoms with van der Waals surface area (Å²) in [4.78, 5) is 13.5. The summed E-state index contributed by atoms with van der Waals surface area (Å²) in [6.45, 7) is 4.71. The summed E-state index contributed by atoms with van der Waals surface area (Å²) in [6, 6.07) is 18.5. The van der Waals surface area contributed by atoms with E-state index in [1.54, 1.807) is 6.33 Å². The van der Waals surface area contributed by atoms with Crippen LogP contribution in [0, 0.1) is 0 Å². The predicted octanol–water partition coefficient (Wildman–Crippen LogP) is 3.89. The van der Waals surface area contributed by atoms with Crippen molar-refractivity contribution in [3.8, 4) is 0 Å². The highest BCUT2D eigenvalue weighted by Crippen LogP contribution is 2.31. The first-order valence-electron chi connectivity index (χ1n) is 9.34. The third-order valence-corrected chi connectivity index (χ3v) is 5.60. The third kappa shape index (κ3) is 4.26. The number of piperazine rings is 1. The highest BCUT2D eigenvalue weighted by atomic mass is 79.9. The van der Waals surface area contributed by atoms with Gasteiger partial charge >= 0.3 is 0 Å². The van der Waals surface area contributed by atoms with Gasteiger partial charge in [0.15, 0.2) is 11.6 Å². The third-order valence-electron chi connectivity index (χ3n) is 4.91. The first-order chi connectivity index (χ1) is 13.7. The number of nitrogens with zero attached hydrogens (tertiary/aromatic N) is 4. The van der Waals surface area contributed by atoms with Gasteiger partial charge < -0.3 is 16.0 Å². The Labute approximate surface area is 173 Å². The van der Waals surface area contributed by atoms with Crippen LogP contribution in [0.5, 0.6) is 0 Å². The fraction of sp³-hybridized carbons (Fsp3) is 0.238. The van der Waals surface area contributed by atoms with Crippen molar-refractivity contribution in [3.63, 3.8) is 0 Å². The SMILES string of the molecule is Nc1c(Nc2ccccc2Br)ncnc1N1CCN(Cc2ccccc2)CC1. The molecule has 0 unspecified atom stereocenters. The Balaban J connectivity index is 1.43. The van der Waals surface area contributed by atoms with E-state index in [9.17, 15) is 0 Å². The lowest BCUT2D eigenvalue weighted by atomic mass is 10.2. The normalized spacial score (nSPS) is 14.8. The summed E-state index contributed by atoms with van der Waals surface area (Å²) in [6.07, 6.45) is 1.57. The molecule has 0 aliphatic carbocycles. The number of anilines is 4. The predicted molar refractivity (Wildman–Crippen MR) is 118 cm³/mol. The Morgan fingerprint density at radius 3 is 2.39 bits per heavy atom. The van der Waals surface area contributed by atoms with E-state index in [0.29, 0.717) is 11.5 Å². The summed E-state index contributed by atoms with van der Waals surface area (Å²) in [7, 11) is 0. The van der Waals surface area contributed by atoms with E-state index in [1.165, 1.54) is 5.56 Å². The second-order valence-corrected chi connectivity index (χ2v) is 7.67. The number of nitrogen functional groups attached to an aromatic ring is 1. The average Bonchev–Trinajstić information content (AvgIpc) is 2.73. The molecule has 144 valence electrons. The molecule has 1 aliphatic heterocycles. The Morgan fingerprint density at radius 1 is 0.929 bits per heavy atom. The summed E-state index contributed by atoms with van der Waals surface area (Å²) in [5, 5.41) is 3.30. The fourth-order valence-electron chi connectivity index (χ4n) is 3.39. The molecule has 28 heavy (non-hydrogen) atoms. The van der Waals surface area contributed by atoms with Gasteiger partial charge in [-0.1, -0.05) is 42.5 Å². The smallest absolute Gasteiger partial charge is 0.159 e. The second-order valence-electron chi connectivity index (χ2n) is 6.81. The second kappa shape index (κ2) is 8.58.